The fourth-order valence-corrected chi connectivity index (χ4v) is 2.69. The minimum Gasteiger partial charge on any atom is -0.652 e. The van der Waals surface area contributed by atoms with Gasteiger partial charge in [0.25, 0.3) is 0 Å². The van der Waals surface area contributed by atoms with Crippen molar-refractivity contribution in [3.8, 4) is 0 Å². The van der Waals surface area contributed by atoms with Gasteiger partial charge in [0.15, 0.2) is 0 Å². The summed E-state index contributed by atoms with van der Waals surface area (Å²) in [5.74, 6) is -2.59. The van der Waals surface area contributed by atoms with Crippen molar-refractivity contribution < 1.29 is 146 Å². The summed E-state index contributed by atoms with van der Waals surface area (Å²) < 4.78 is 8.70. The number of hydrogen-bond donors (Lipinski definition) is 0. The summed E-state index contributed by atoms with van der Waals surface area (Å²) in [6.45, 7) is 0. The van der Waals surface area contributed by atoms with Crippen molar-refractivity contribution in [3.63, 3.8) is 0 Å². The summed E-state index contributed by atoms with van der Waals surface area (Å²) in [5.41, 5.74) is 0.827. The molecule has 0 unspecified atom stereocenters. The molecule has 0 radical (unpaired) electrons. The zero-order valence-corrected chi connectivity index (χ0v) is 23.2. The number of rotatable bonds is 0. The molecule has 0 saturated carbocycles. The topological polar surface area (TPSA) is 150 Å². The Morgan fingerprint density at radius 2 is 0.967 bits per heavy atom. The van der Waals surface area contributed by atoms with Gasteiger partial charge in [0.05, 0.1) is 32.3 Å². The molecule has 9 nitrogen and oxygen atoms in total. The predicted octanol–water partition coefficient (Wildman–Crippen LogP) is -5.14. The number of cyclic esters (lactones) is 4. The van der Waals surface area contributed by atoms with Crippen LogP contribution in [0, 0.1) is 0 Å². The zero-order chi connectivity index (χ0) is 21.0. The van der Waals surface area contributed by atoms with Crippen molar-refractivity contribution in [2.75, 3.05) is 0 Å². The second-order valence-electron chi connectivity index (χ2n) is 4.93. The molecule has 0 aromatic heterocycles. The normalized spacial score (nSPS) is 12.3. The Kier molecular flexibility index (Phi) is 13.3. The van der Waals surface area contributed by atoms with Crippen LogP contribution in [0.4, 0.5) is 4.79 Å². The monoisotopic (exact) mass is 502 g/mol. The quantitative estimate of drug-likeness (QED) is 0.195. The molecule has 0 aliphatic carbocycles. The predicted molar refractivity (Wildman–Crippen MR) is 87.8 cm³/mol. The average Bonchev–Trinajstić information content (AvgIpc) is 3.06. The van der Waals surface area contributed by atoms with Gasteiger partial charge in [0, 0.05) is 0 Å². The van der Waals surface area contributed by atoms with Crippen molar-refractivity contribution in [3.05, 3.63) is 68.7 Å². The van der Waals surface area contributed by atoms with Crippen LogP contribution in [0.5, 0.6) is 0 Å². The number of carboxylic acid groups (broad SMARTS) is 2. The first kappa shape index (κ1) is 29.8. The summed E-state index contributed by atoms with van der Waals surface area (Å²) in [6, 6.07) is 9.30. The van der Waals surface area contributed by atoms with Crippen LogP contribution in [-0.4, -0.2) is 30.0 Å². The number of benzene rings is 2. The van der Waals surface area contributed by atoms with Crippen molar-refractivity contribution in [1.29, 1.82) is 0 Å². The number of hydrogen-bond acceptors (Lipinski definition) is 9. The van der Waals surface area contributed by atoms with Crippen LogP contribution < -0.4 is 113 Å². The van der Waals surface area contributed by atoms with Gasteiger partial charge < -0.3 is 24.5 Å². The largest absolute Gasteiger partial charge is 1.00 e. The van der Waals surface area contributed by atoms with Gasteiger partial charge in [-0.25, -0.2) is 19.2 Å². The Morgan fingerprint density at radius 3 is 1.23 bits per heavy atom. The summed E-state index contributed by atoms with van der Waals surface area (Å²) in [7, 11) is 0. The molecule has 2 aliphatic rings. The van der Waals surface area contributed by atoms with E-state index in [-0.39, 0.29) is 135 Å². The van der Waals surface area contributed by atoms with E-state index in [1.54, 1.807) is 24.3 Å². The average molecular weight is 503 g/mol. The molecule has 0 spiro atoms. The maximum Gasteiger partial charge on any atom is 1.00 e. The van der Waals surface area contributed by atoms with E-state index in [9.17, 15) is 19.2 Å². The fourth-order valence-electron chi connectivity index (χ4n) is 2.18. The summed E-state index contributed by atoms with van der Waals surface area (Å²) >= 11 is 11.4. The Morgan fingerprint density at radius 1 is 0.667 bits per heavy atom. The number of halogens is 2. The van der Waals surface area contributed by atoms with Crippen LogP contribution in [0.1, 0.15) is 41.4 Å². The number of carbonyl (C=O) groups excluding carboxylic acids is 5. The molecule has 0 amide bonds. The minimum absolute atomic E-state index is 0. The van der Waals surface area contributed by atoms with Crippen molar-refractivity contribution in [2.24, 2.45) is 0 Å². The van der Waals surface area contributed by atoms with E-state index in [4.69, 9.17) is 38.2 Å². The molecule has 4 rings (SSSR count). The third-order valence-corrected chi connectivity index (χ3v) is 3.88. The maximum absolute atomic E-state index is 11.0. The third-order valence-electron chi connectivity index (χ3n) is 3.25. The number of esters is 4. The molecule has 13 heteroatoms. The van der Waals surface area contributed by atoms with Crippen LogP contribution in [0.2, 0.25) is 10.0 Å². The smallest absolute Gasteiger partial charge is 0.652 e. The van der Waals surface area contributed by atoms with Gasteiger partial charge in [-0.05, 0) is 30.4 Å². The molecule has 0 N–H and O–H groups in total. The van der Waals surface area contributed by atoms with Gasteiger partial charge in [-0.3, -0.25) is 0 Å². The number of carbonyl (C=O) groups is 5. The van der Waals surface area contributed by atoms with Crippen molar-refractivity contribution >= 4 is 53.2 Å². The number of fused-ring (bicyclic) bond motifs is 2. The summed E-state index contributed by atoms with van der Waals surface area (Å²) in [6.07, 6.45) is -2.33. The Balaban J connectivity index is 0.000000452. The standard InChI is InChI=1S/2C8H3ClO3.CH2O3.2K/c2*9-5-3-1-2-4-6(5)8(11)12-7(4)10;2-1(3)4;;/h2*1-3H;(H2,2,3,4);;/q;;;2*+1/p-2. The van der Waals surface area contributed by atoms with Crippen LogP contribution in [0.15, 0.2) is 36.4 Å². The van der Waals surface area contributed by atoms with Gasteiger partial charge in [0.2, 0.25) is 0 Å². The maximum atomic E-state index is 11.0. The molecular weight excluding hydrogens is 497 g/mol. The molecule has 2 aromatic rings. The second-order valence-corrected chi connectivity index (χ2v) is 5.74. The zero-order valence-electron chi connectivity index (χ0n) is 15.4. The third kappa shape index (κ3) is 7.46. The van der Waals surface area contributed by atoms with E-state index >= 15 is 0 Å². The molecule has 144 valence electrons. The van der Waals surface area contributed by atoms with Crippen LogP contribution in [-0.2, 0) is 9.47 Å². The van der Waals surface area contributed by atoms with Crippen LogP contribution in [0.3, 0.4) is 0 Å². The van der Waals surface area contributed by atoms with E-state index in [1.807, 2.05) is 0 Å². The van der Waals surface area contributed by atoms with E-state index in [2.05, 4.69) is 9.47 Å². The summed E-state index contributed by atoms with van der Waals surface area (Å²) in [5, 5.41) is 17.2. The molecule has 0 bridgehead atoms. The molecule has 2 heterocycles. The molecule has 2 aliphatic heterocycles. The first-order valence-electron chi connectivity index (χ1n) is 7.11. The molecule has 0 atom stereocenters. The van der Waals surface area contributed by atoms with E-state index in [0.717, 1.165) is 0 Å². The fraction of sp³-hybridized carbons (Fsp3) is 0. The van der Waals surface area contributed by atoms with Gasteiger partial charge in [-0.15, -0.1) is 0 Å². The Bertz CT molecular complexity index is 945. The van der Waals surface area contributed by atoms with E-state index < -0.39 is 30.0 Å². The van der Waals surface area contributed by atoms with Crippen molar-refractivity contribution in [2.45, 2.75) is 0 Å². The molecular formula is C17H6Cl2K2O9. The SMILES string of the molecule is O=C([O-])[O-].O=C1OC(=O)c2c(Cl)cccc21.O=C1OC(=O)c2c(Cl)cccc21.[K+].[K+]. The van der Waals surface area contributed by atoms with Gasteiger partial charge in [-0.2, -0.15) is 0 Å². The van der Waals surface area contributed by atoms with Crippen molar-refractivity contribution in [1.82, 2.24) is 0 Å². The van der Waals surface area contributed by atoms with E-state index in [0.29, 0.717) is 0 Å². The summed E-state index contributed by atoms with van der Waals surface area (Å²) in [4.78, 5) is 52.1. The first-order valence-corrected chi connectivity index (χ1v) is 7.87. The van der Waals surface area contributed by atoms with Crippen LogP contribution >= 0.6 is 23.2 Å². The van der Waals surface area contributed by atoms with Gasteiger partial charge >= 0.3 is 127 Å². The Hall–Kier alpha value is -0.157. The molecule has 0 saturated heterocycles. The minimum atomic E-state index is -2.33. The molecule has 0 fully saturated rings. The first-order chi connectivity index (χ1) is 13.1. The molecule has 2 aromatic carbocycles. The molecule has 30 heavy (non-hydrogen) atoms. The van der Waals surface area contributed by atoms with Gasteiger partial charge in [0.1, 0.15) is 0 Å². The number of ether oxygens (including phenoxy) is 2. The van der Waals surface area contributed by atoms with Gasteiger partial charge in [-0.1, -0.05) is 35.3 Å². The van der Waals surface area contributed by atoms with E-state index in [1.165, 1.54) is 12.1 Å². The second kappa shape index (κ2) is 13.4. The van der Waals surface area contributed by atoms with Crippen LogP contribution in [0.25, 0.3) is 0 Å². The Labute approximate surface area is 263 Å².